The van der Waals surface area contributed by atoms with Gasteiger partial charge in [-0.1, -0.05) is 25.1 Å². The summed E-state index contributed by atoms with van der Waals surface area (Å²) in [5.41, 5.74) is 0.990. The van der Waals surface area contributed by atoms with Gasteiger partial charge in [-0.3, -0.25) is 14.9 Å². The van der Waals surface area contributed by atoms with Gasteiger partial charge in [0, 0.05) is 24.8 Å². The van der Waals surface area contributed by atoms with Crippen LogP contribution in [0.25, 0.3) is 0 Å². The van der Waals surface area contributed by atoms with E-state index in [9.17, 15) is 19.7 Å². The molecule has 1 aliphatic heterocycles. The van der Waals surface area contributed by atoms with Crippen molar-refractivity contribution in [2.24, 2.45) is 5.92 Å². The summed E-state index contributed by atoms with van der Waals surface area (Å²) in [5, 5.41) is 14.2. The van der Waals surface area contributed by atoms with Crippen LogP contribution in [0.1, 0.15) is 30.1 Å². The number of carbonyl (C=O) groups is 2. The molecule has 0 saturated carbocycles. The van der Waals surface area contributed by atoms with Gasteiger partial charge in [0.25, 0.3) is 11.6 Å². The lowest BCUT2D eigenvalue weighted by atomic mass is 9.99. The number of rotatable bonds is 6. The molecule has 1 N–H and O–H groups in total. The summed E-state index contributed by atoms with van der Waals surface area (Å²) < 4.78 is 5.01. The van der Waals surface area contributed by atoms with Crippen molar-refractivity contribution in [3.63, 3.8) is 0 Å². The van der Waals surface area contributed by atoms with E-state index in [4.69, 9.17) is 4.74 Å². The number of nitrogens with one attached hydrogen (secondary N) is 1. The highest BCUT2D eigenvalue weighted by atomic mass is 16.6. The van der Waals surface area contributed by atoms with Crippen molar-refractivity contribution in [2.45, 2.75) is 19.8 Å². The molecule has 3 rings (SSSR count). The Labute approximate surface area is 168 Å². The van der Waals surface area contributed by atoms with Gasteiger partial charge in [0.2, 0.25) is 0 Å². The molecule has 0 bridgehead atoms. The zero-order valence-electron chi connectivity index (χ0n) is 16.2. The van der Waals surface area contributed by atoms with Gasteiger partial charge in [-0.15, -0.1) is 0 Å². The summed E-state index contributed by atoms with van der Waals surface area (Å²) in [4.78, 5) is 37.2. The van der Waals surface area contributed by atoms with E-state index < -0.39 is 23.4 Å². The first-order chi connectivity index (χ1) is 13.9. The molecule has 8 nitrogen and oxygen atoms in total. The summed E-state index contributed by atoms with van der Waals surface area (Å²) in [6, 6.07) is 13.1. The molecule has 0 spiro atoms. The Balaban J connectivity index is 1.66. The molecule has 0 unspecified atom stereocenters. The van der Waals surface area contributed by atoms with Crippen LogP contribution in [0.4, 0.5) is 17.1 Å². The number of nitro groups is 1. The molecule has 29 heavy (non-hydrogen) atoms. The Kier molecular flexibility index (Phi) is 6.43. The van der Waals surface area contributed by atoms with E-state index in [2.05, 4.69) is 12.2 Å². The fraction of sp³-hybridized carbons (Fsp3) is 0.333. The van der Waals surface area contributed by atoms with Gasteiger partial charge >= 0.3 is 5.97 Å². The maximum absolute atomic E-state index is 12.3. The minimum atomic E-state index is -0.783. The minimum Gasteiger partial charge on any atom is -0.452 e. The Morgan fingerprint density at radius 1 is 1.24 bits per heavy atom. The van der Waals surface area contributed by atoms with Gasteiger partial charge in [-0.25, -0.2) is 4.79 Å². The molecule has 1 saturated heterocycles. The van der Waals surface area contributed by atoms with Crippen molar-refractivity contribution in [3.05, 3.63) is 64.2 Å². The number of para-hydroxylation sites is 1. The number of piperidine rings is 1. The molecule has 2 aromatic rings. The number of hydrogen-bond donors (Lipinski definition) is 1. The number of anilines is 2. The summed E-state index contributed by atoms with van der Waals surface area (Å²) in [6.45, 7) is 3.12. The third kappa shape index (κ3) is 5.31. The van der Waals surface area contributed by atoms with Crippen LogP contribution in [0.3, 0.4) is 0 Å². The zero-order chi connectivity index (χ0) is 20.8. The van der Waals surface area contributed by atoms with Gasteiger partial charge < -0.3 is 15.0 Å². The van der Waals surface area contributed by atoms with Crippen LogP contribution in [0.15, 0.2) is 48.5 Å². The predicted octanol–water partition coefficient (Wildman–Crippen LogP) is 3.63. The van der Waals surface area contributed by atoms with Gasteiger partial charge in [-0.2, -0.15) is 0 Å². The number of amides is 1. The van der Waals surface area contributed by atoms with E-state index in [0.717, 1.165) is 25.9 Å². The SMILES string of the molecule is C[C@H]1CCCN(c2ccc(C(=O)OCC(=O)Nc3ccccc3)cc2[N+](=O)[O-])C1. The molecule has 0 radical (unpaired) electrons. The van der Waals surface area contributed by atoms with Crippen molar-refractivity contribution in [2.75, 3.05) is 29.9 Å². The van der Waals surface area contributed by atoms with Crippen LogP contribution in [-0.2, 0) is 9.53 Å². The topological polar surface area (TPSA) is 102 Å². The molecule has 1 amide bonds. The largest absolute Gasteiger partial charge is 0.452 e. The first-order valence-electron chi connectivity index (χ1n) is 9.49. The number of ether oxygens (including phenoxy) is 1. The van der Waals surface area contributed by atoms with E-state index in [0.29, 0.717) is 17.3 Å². The summed E-state index contributed by atoms with van der Waals surface area (Å²) >= 11 is 0. The molecule has 152 valence electrons. The Morgan fingerprint density at radius 3 is 2.69 bits per heavy atom. The monoisotopic (exact) mass is 397 g/mol. The lowest BCUT2D eigenvalue weighted by Crippen LogP contribution is -2.34. The van der Waals surface area contributed by atoms with Crippen LogP contribution in [0, 0.1) is 16.0 Å². The Hall–Kier alpha value is -3.42. The summed E-state index contributed by atoms with van der Waals surface area (Å²) in [7, 11) is 0. The summed E-state index contributed by atoms with van der Waals surface area (Å²) in [6.07, 6.45) is 2.07. The standard InChI is InChI=1S/C21H23N3O5/c1-15-6-5-11-23(13-15)18-10-9-16(12-19(18)24(27)28)21(26)29-14-20(25)22-17-7-3-2-4-8-17/h2-4,7-10,12,15H,5-6,11,13-14H2,1H3,(H,22,25)/t15-/m0/s1. The number of nitrogens with zero attached hydrogens (tertiary/aromatic N) is 2. The molecule has 2 aromatic carbocycles. The second kappa shape index (κ2) is 9.18. The van der Waals surface area contributed by atoms with E-state index in [1.807, 2.05) is 11.0 Å². The molecule has 1 atom stereocenters. The first kappa shape index (κ1) is 20.3. The molecular weight excluding hydrogens is 374 g/mol. The van der Waals surface area contributed by atoms with Crippen LogP contribution in [-0.4, -0.2) is 36.5 Å². The van der Waals surface area contributed by atoms with Gasteiger partial charge in [0.05, 0.1) is 10.5 Å². The fourth-order valence-corrected chi connectivity index (χ4v) is 3.41. The van der Waals surface area contributed by atoms with Crippen molar-refractivity contribution < 1.29 is 19.2 Å². The molecule has 1 aliphatic rings. The van der Waals surface area contributed by atoms with Crippen LogP contribution in [0.2, 0.25) is 0 Å². The van der Waals surface area contributed by atoms with E-state index in [1.165, 1.54) is 12.1 Å². The maximum atomic E-state index is 12.3. The molecule has 8 heteroatoms. The number of benzene rings is 2. The second-order valence-corrected chi connectivity index (χ2v) is 7.14. The van der Waals surface area contributed by atoms with Gasteiger partial charge in [0.1, 0.15) is 5.69 Å². The van der Waals surface area contributed by atoms with E-state index >= 15 is 0 Å². The van der Waals surface area contributed by atoms with Crippen molar-refractivity contribution in [1.29, 1.82) is 0 Å². The number of esters is 1. The van der Waals surface area contributed by atoms with Crippen molar-refractivity contribution >= 4 is 28.9 Å². The quantitative estimate of drug-likeness (QED) is 0.454. The smallest absolute Gasteiger partial charge is 0.338 e. The van der Waals surface area contributed by atoms with Crippen LogP contribution in [0.5, 0.6) is 0 Å². The molecule has 0 aliphatic carbocycles. The maximum Gasteiger partial charge on any atom is 0.338 e. The predicted molar refractivity (Wildman–Crippen MR) is 109 cm³/mol. The highest BCUT2D eigenvalue weighted by molar-refractivity contribution is 5.96. The fourth-order valence-electron chi connectivity index (χ4n) is 3.41. The van der Waals surface area contributed by atoms with E-state index in [-0.39, 0.29) is 11.3 Å². The molecule has 1 heterocycles. The highest BCUT2D eigenvalue weighted by Crippen LogP contribution is 2.32. The third-order valence-corrected chi connectivity index (χ3v) is 4.80. The first-order valence-corrected chi connectivity index (χ1v) is 9.49. The summed E-state index contributed by atoms with van der Waals surface area (Å²) in [5.74, 6) is -0.816. The Bertz CT molecular complexity index is 900. The highest BCUT2D eigenvalue weighted by Gasteiger charge is 2.25. The van der Waals surface area contributed by atoms with Crippen LogP contribution < -0.4 is 10.2 Å². The minimum absolute atomic E-state index is 0.0398. The van der Waals surface area contributed by atoms with Gasteiger partial charge in [0.15, 0.2) is 6.61 Å². The van der Waals surface area contributed by atoms with Crippen molar-refractivity contribution in [3.8, 4) is 0 Å². The normalized spacial score (nSPS) is 16.2. The Morgan fingerprint density at radius 2 is 2.00 bits per heavy atom. The molecular formula is C21H23N3O5. The number of hydrogen-bond acceptors (Lipinski definition) is 6. The lowest BCUT2D eigenvalue weighted by molar-refractivity contribution is -0.384. The van der Waals surface area contributed by atoms with E-state index in [1.54, 1.807) is 30.3 Å². The van der Waals surface area contributed by atoms with Crippen molar-refractivity contribution in [1.82, 2.24) is 0 Å². The lowest BCUT2D eigenvalue weighted by Gasteiger charge is -2.32. The number of carbonyl (C=O) groups excluding carboxylic acids is 2. The third-order valence-electron chi connectivity index (χ3n) is 4.80. The average Bonchev–Trinajstić information content (AvgIpc) is 2.72. The number of nitro benzene ring substituents is 1. The molecule has 1 fully saturated rings. The zero-order valence-corrected chi connectivity index (χ0v) is 16.2. The average molecular weight is 397 g/mol. The molecule has 0 aromatic heterocycles. The second-order valence-electron chi connectivity index (χ2n) is 7.14. The van der Waals surface area contributed by atoms with Crippen LogP contribution >= 0.6 is 0 Å². The van der Waals surface area contributed by atoms with Gasteiger partial charge in [-0.05, 0) is 43.0 Å².